The van der Waals surface area contributed by atoms with E-state index in [9.17, 15) is 14.9 Å². The summed E-state index contributed by atoms with van der Waals surface area (Å²) in [6.45, 7) is 9.16. The molecule has 0 aromatic carbocycles. The van der Waals surface area contributed by atoms with Crippen LogP contribution >= 0.6 is 0 Å². The molecule has 1 aliphatic rings. The van der Waals surface area contributed by atoms with E-state index in [1.807, 2.05) is 32.3 Å². The summed E-state index contributed by atoms with van der Waals surface area (Å²) >= 11 is 0. The summed E-state index contributed by atoms with van der Waals surface area (Å²) < 4.78 is 7.69. The van der Waals surface area contributed by atoms with E-state index in [2.05, 4.69) is 16.7 Å². The summed E-state index contributed by atoms with van der Waals surface area (Å²) in [5.74, 6) is 0.122. The molecule has 8 heteroatoms. The van der Waals surface area contributed by atoms with Crippen molar-refractivity contribution in [3.63, 3.8) is 0 Å². The van der Waals surface area contributed by atoms with E-state index in [1.54, 1.807) is 11.9 Å². The second kappa shape index (κ2) is 9.71. The number of nitriles is 1. The van der Waals surface area contributed by atoms with E-state index in [0.29, 0.717) is 17.9 Å². The summed E-state index contributed by atoms with van der Waals surface area (Å²) in [7, 11) is 1.71. The Bertz CT molecular complexity index is 757. The van der Waals surface area contributed by atoms with Crippen LogP contribution in [-0.4, -0.2) is 60.2 Å². The van der Waals surface area contributed by atoms with Crippen LogP contribution < -0.4 is 10.6 Å². The second-order valence-electron chi connectivity index (χ2n) is 7.73. The van der Waals surface area contributed by atoms with E-state index in [1.165, 1.54) is 0 Å². The zero-order valence-electron chi connectivity index (χ0n) is 17.5. The Morgan fingerprint density at radius 1 is 1.32 bits per heavy atom. The smallest absolute Gasteiger partial charge is 0.239 e. The lowest BCUT2D eigenvalue weighted by atomic mass is 10.2. The van der Waals surface area contributed by atoms with Gasteiger partial charge in [0.1, 0.15) is 11.9 Å². The minimum atomic E-state index is -0.262. The van der Waals surface area contributed by atoms with Gasteiger partial charge in [0.15, 0.2) is 0 Å². The quantitative estimate of drug-likeness (QED) is 0.703. The standard InChI is InChI=1S/C20H31N5O3/c1-13(2)22-18(26)11-24(5)12-19(27)23-20-17(9-21)14(3)15(4)25(20)10-16-7-6-8-28-16/h13,16H,6-8,10-12H2,1-5H3,(H,22,26)(H,23,27). The zero-order valence-corrected chi connectivity index (χ0v) is 17.5. The molecule has 0 bridgehead atoms. The van der Waals surface area contributed by atoms with Crippen molar-refractivity contribution >= 4 is 17.6 Å². The van der Waals surface area contributed by atoms with Crippen molar-refractivity contribution in [2.75, 3.05) is 32.1 Å². The number of likely N-dealkylation sites (N-methyl/N-ethyl adjacent to an activating group) is 1. The fraction of sp³-hybridized carbons (Fsp3) is 0.650. The van der Waals surface area contributed by atoms with Crippen LogP contribution in [0.2, 0.25) is 0 Å². The Morgan fingerprint density at radius 3 is 2.57 bits per heavy atom. The molecule has 1 fully saturated rings. The van der Waals surface area contributed by atoms with Crippen molar-refractivity contribution in [1.82, 2.24) is 14.8 Å². The van der Waals surface area contributed by atoms with Gasteiger partial charge >= 0.3 is 0 Å². The topological polar surface area (TPSA) is 99.4 Å². The first kappa shape index (κ1) is 21.9. The number of ether oxygens (including phenoxy) is 1. The fourth-order valence-electron chi connectivity index (χ4n) is 3.44. The predicted molar refractivity (Wildman–Crippen MR) is 107 cm³/mol. The molecular weight excluding hydrogens is 358 g/mol. The average Bonchev–Trinajstić information content (AvgIpc) is 3.17. The van der Waals surface area contributed by atoms with E-state index in [-0.39, 0.29) is 37.0 Å². The first-order valence-electron chi connectivity index (χ1n) is 9.72. The highest BCUT2D eigenvalue weighted by Gasteiger charge is 2.24. The Morgan fingerprint density at radius 2 is 2.00 bits per heavy atom. The van der Waals surface area contributed by atoms with Crippen molar-refractivity contribution in [3.8, 4) is 6.07 Å². The van der Waals surface area contributed by atoms with E-state index in [4.69, 9.17) is 4.74 Å². The van der Waals surface area contributed by atoms with Crippen molar-refractivity contribution in [1.29, 1.82) is 5.26 Å². The van der Waals surface area contributed by atoms with Crippen LogP contribution in [0.25, 0.3) is 0 Å². The third kappa shape index (κ3) is 5.57. The van der Waals surface area contributed by atoms with Gasteiger partial charge in [-0.3, -0.25) is 14.5 Å². The highest BCUT2D eigenvalue weighted by atomic mass is 16.5. The minimum Gasteiger partial charge on any atom is -0.376 e. The third-order valence-electron chi connectivity index (χ3n) is 4.89. The van der Waals surface area contributed by atoms with Gasteiger partial charge < -0.3 is 19.9 Å². The molecule has 0 saturated carbocycles. The number of hydrogen-bond acceptors (Lipinski definition) is 5. The van der Waals surface area contributed by atoms with Gasteiger partial charge in [0.25, 0.3) is 0 Å². The monoisotopic (exact) mass is 389 g/mol. The molecule has 0 aliphatic carbocycles. The van der Waals surface area contributed by atoms with Crippen LogP contribution in [-0.2, 0) is 20.9 Å². The number of carbonyl (C=O) groups excluding carboxylic acids is 2. The Labute approximate surface area is 166 Å². The van der Waals surface area contributed by atoms with Crippen LogP contribution in [0.1, 0.15) is 43.5 Å². The number of nitrogens with one attached hydrogen (secondary N) is 2. The van der Waals surface area contributed by atoms with Gasteiger partial charge in [-0.2, -0.15) is 5.26 Å². The molecule has 2 amide bonds. The molecule has 1 atom stereocenters. The molecule has 0 spiro atoms. The number of hydrogen-bond donors (Lipinski definition) is 2. The van der Waals surface area contributed by atoms with Gasteiger partial charge in [-0.1, -0.05) is 0 Å². The number of rotatable bonds is 8. The van der Waals surface area contributed by atoms with Gasteiger partial charge in [0.05, 0.1) is 31.3 Å². The average molecular weight is 390 g/mol. The van der Waals surface area contributed by atoms with Crippen molar-refractivity contribution in [2.45, 2.75) is 59.2 Å². The summed E-state index contributed by atoms with van der Waals surface area (Å²) in [5.41, 5.74) is 2.29. The molecule has 0 radical (unpaired) electrons. The lowest BCUT2D eigenvalue weighted by Gasteiger charge is -2.19. The Kier molecular flexibility index (Phi) is 7.61. The molecule has 1 aromatic rings. The zero-order chi connectivity index (χ0) is 20.8. The largest absolute Gasteiger partial charge is 0.376 e. The van der Waals surface area contributed by atoms with E-state index < -0.39 is 0 Å². The first-order chi connectivity index (χ1) is 13.2. The van der Waals surface area contributed by atoms with Gasteiger partial charge in [-0.05, 0) is 53.1 Å². The number of aromatic nitrogens is 1. The Hall–Kier alpha value is -2.37. The maximum absolute atomic E-state index is 12.6. The number of anilines is 1. The van der Waals surface area contributed by atoms with Gasteiger partial charge in [0, 0.05) is 18.3 Å². The highest BCUT2D eigenvalue weighted by Crippen LogP contribution is 2.28. The second-order valence-corrected chi connectivity index (χ2v) is 7.73. The summed E-state index contributed by atoms with van der Waals surface area (Å²) in [6.07, 6.45) is 2.09. The molecule has 1 unspecified atom stereocenters. The van der Waals surface area contributed by atoms with Gasteiger partial charge in [-0.25, -0.2) is 0 Å². The number of carbonyl (C=O) groups is 2. The van der Waals surface area contributed by atoms with Crippen LogP contribution in [0.15, 0.2) is 0 Å². The number of nitrogens with zero attached hydrogens (tertiary/aromatic N) is 3. The van der Waals surface area contributed by atoms with Crippen LogP contribution in [0, 0.1) is 25.2 Å². The van der Waals surface area contributed by atoms with E-state index in [0.717, 1.165) is 30.7 Å². The lowest BCUT2D eigenvalue weighted by molar-refractivity contribution is -0.123. The third-order valence-corrected chi connectivity index (χ3v) is 4.89. The summed E-state index contributed by atoms with van der Waals surface area (Å²) in [5, 5.41) is 15.3. The SMILES string of the molecule is Cc1c(C#N)c(NC(=O)CN(C)CC(=O)NC(C)C)n(CC2CCCO2)c1C. The number of amides is 2. The normalized spacial score (nSPS) is 16.4. The predicted octanol–water partition coefficient (Wildman–Crippen LogP) is 1.55. The van der Waals surface area contributed by atoms with E-state index >= 15 is 0 Å². The summed E-state index contributed by atoms with van der Waals surface area (Å²) in [4.78, 5) is 26.1. The van der Waals surface area contributed by atoms with Gasteiger partial charge in [0.2, 0.25) is 11.8 Å². The molecule has 1 aromatic heterocycles. The molecule has 8 nitrogen and oxygen atoms in total. The molecule has 154 valence electrons. The molecule has 1 aliphatic heterocycles. The maximum Gasteiger partial charge on any atom is 0.239 e. The molecule has 2 N–H and O–H groups in total. The summed E-state index contributed by atoms with van der Waals surface area (Å²) in [6, 6.07) is 2.26. The molecule has 2 heterocycles. The Balaban J connectivity index is 2.09. The minimum absolute atomic E-state index is 0.0551. The highest BCUT2D eigenvalue weighted by molar-refractivity contribution is 5.93. The van der Waals surface area contributed by atoms with Crippen molar-refractivity contribution < 1.29 is 14.3 Å². The van der Waals surface area contributed by atoms with Crippen molar-refractivity contribution in [3.05, 3.63) is 16.8 Å². The van der Waals surface area contributed by atoms with Crippen LogP contribution in [0.4, 0.5) is 5.82 Å². The van der Waals surface area contributed by atoms with Crippen LogP contribution in [0.5, 0.6) is 0 Å². The first-order valence-corrected chi connectivity index (χ1v) is 9.72. The van der Waals surface area contributed by atoms with Crippen molar-refractivity contribution in [2.24, 2.45) is 0 Å². The van der Waals surface area contributed by atoms with Crippen LogP contribution in [0.3, 0.4) is 0 Å². The fourth-order valence-corrected chi connectivity index (χ4v) is 3.44. The maximum atomic E-state index is 12.6. The lowest BCUT2D eigenvalue weighted by Crippen LogP contribution is -2.41. The van der Waals surface area contributed by atoms with Gasteiger partial charge in [-0.15, -0.1) is 0 Å². The molecule has 28 heavy (non-hydrogen) atoms. The molecule has 1 saturated heterocycles. The molecular formula is C20H31N5O3. The molecule has 2 rings (SSSR count).